The minimum atomic E-state index is -4.11. The number of nitrogens with one attached hydrogen (secondary N) is 1. The van der Waals surface area contributed by atoms with Crippen LogP contribution >= 0.6 is 0 Å². The molecule has 1 saturated carbocycles. The lowest BCUT2D eigenvalue weighted by molar-refractivity contribution is -0.165. The Hall–Kier alpha value is -2.46. The highest BCUT2D eigenvalue weighted by molar-refractivity contribution is 7.89. The third-order valence-electron chi connectivity index (χ3n) is 9.55. The Bertz CT molecular complexity index is 1470. The standard InChI is InChI=1S/C34H47BF2N2O8S/c1-5-46-35(47-6-2)24-7-9-27(10-8-24)48(42,43)39(17-21(3)4)18-32(40)31(13-22-11-25(36)15-26(37)12-22)38-33(41)16-28-23-14-29-30(28)20-45-34(29)44-19-23/h7-12,15,21,23,28-32,34,40H,5-6,13-14,16-20H2,1-4H3,(H,38,41)/t23?,28-,29?,30-,31-,32+,34-/m0/s1. The Balaban J connectivity index is 1.35. The average Bonchev–Trinajstić information content (AvgIpc) is 3.56. The summed E-state index contributed by atoms with van der Waals surface area (Å²) in [6, 6.07) is 8.22. The molecule has 2 unspecified atom stereocenters. The molecular weight excluding hydrogens is 645 g/mol. The SMILES string of the molecule is CCOB(OCC)c1ccc(S(=O)(=O)N(CC(C)C)C[C@@H](O)[C@H](Cc2cc(F)cc(F)c2)NC(=O)C[C@H]2C3CO[C@H]4OC[C@@H]2C4C3)cc1. The van der Waals surface area contributed by atoms with E-state index in [9.17, 15) is 27.1 Å². The summed E-state index contributed by atoms with van der Waals surface area (Å²) in [5.41, 5.74) is 0.886. The van der Waals surface area contributed by atoms with Crippen molar-refractivity contribution in [2.75, 3.05) is 39.5 Å². The fraction of sp³-hybridized carbons (Fsp3) is 0.618. The zero-order valence-corrected chi connectivity index (χ0v) is 28.8. The van der Waals surface area contributed by atoms with Gasteiger partial charge >= 0.3 is 7.12 Å². The van der Waals surface area contributed by atoms with E-state index in [2.05, 4.69) is 5.32 Å². The second-order valence-corrected chi connectivity index (χ2v) is 15.4. The van der Waals surface area contributed by atoms with Crippen LogP contribution in [0.15, 0.2) is 47.4 Å². The molecule has 5 rings (SSSR count). The Morgan fingerprint density at radius 3 is 2.29 bits per heavy atom. The minimum Gasteiger partial charge on any atom is -0.408 e. The predicted molar refractivity (Wildman–Crippen MR) is 176 cm³/mol. The molecule has 264 valence electrons. The normalized spacial score (nSPS) is 24.6. The number of hydrogen-bond donors (Lipinski definition) is 2. The molecule has 2 saturated heterocycles. The number of benzene rings is 2. The van der Waals surface area contributed by atoms with Crippen LogP contribution in [0.3, 0.4) is 0 Å². The molecule has 2 N–H and O–H groups in total. The maximum Gasteiger partial charge on any atom is 0.493 e. The first kappa shape index (κ1) is 36.8. The first-order chi connectivity index (χ1) is 22.9. The molecule has 2 aliphatic heterocycles. The largest absolute Gasteiger partial charge is 0.493 e. The van der Waals surface area contributed by atoms with Crippen molar-refractivity contribution >= 4 is 28.5 Å². The molecule has 2 aromatic rings. The van der Waals surface area contributed by atoms with E-state index in [1.54, 1.807) is 12.1 Å². The summed E-state index contributed by atoms with van der Waals surface area (Å²) in [5, 5.41) is 14.5. The molecule has 1 aliphatic carbocycles. The summed E-state index contributed by atoms with van der Waals surface area (Å²) >= 11 is 0. The average molecular weight is 693 g/mol. The molecule has 2 aromatic carbocycles. The number of aliphatic hydroxyl groups is 1. The smallest absolute Gasteiger partial charge is 0.408 e. The summed E-state index contributed by atoms with van der Waals surface area (Å²) in [6.07, 6.45) is -0.632. The summed E-state index contributed by atoms with van der Waals surface area (Å²) in [7, 11) is -4.75. The number of rotatable bonds is 17. The van der Waals surface area contributed by atoms with E-state index in [0.29, 0.717) is 31.9 Å². The van der Waals surface area contributed by atoms with Crippen LogP contribution in [-0.2, 0) is 40.0 Å². The number of fused-ring (bicyclic) bond motifs is 1. The van der Waals surface area contributed by atoms with Crippen LogP contribution < -0.4 is 10.8 Å². The molecule has 14 heteroatoms. The van der Waals surface area contributed by atoms with Crippen LogP contribution in [0.2, 0.25) is 0 Å². The van der Waals surface area contributed by atoms with E-state index in [-0.39, 0.29) is 78.2 Å². The number of amides is 1. The lowest BCUT2D eigenvalue weighted by atomic mass is 9.79. The lowest BCUT2D eigenvalue weighted by Gasteiger charge is -2.32. The summed E-state index contributed by atoms with van der Waals surface area (Å²) < 4.78 is 80.4. The van der Waals surface area contributed by atoms with Crippen molar-refractivity contribution in [3.63, 3.8) is 0 Å². The van der Waals surface area contributed by atoms with Gasteiger partial charge in [0.15, 0.2) is 6.29 Å². The third kappa shape index (κ3) is 8.63. The van der Waals surface area contributed by atoms with Gasteiger partial charge in [-0.2, -0.15) is 4.31 Å². The van der Waals surface area contributed by atoms with E-state index in [0.717, 1.165) is 24.6 Å². The first-order valence-electron chi connectivity index (χ1n) is 16.9. The third-order valence-corrected chi connectivity index (χ3v) is 11.4. The molecular formula is C34H47BF2N2O8S. The van der Waals surface area contributed by atoms with Crippen LogP contribution in [0, 0.1) is 41.2 Å². The van der Waals surface area contributed by atoms with Gasteiger partial charge in [0, 0.05) is 44.7 Å². The fourth-order valence-electron chi connectivity index (χ4n) is 7.40. The van der Waals surface area contributed by atoms with Crippen LogP contribution in [0.1, 0.15) is 46.1 Å². The highest BCUT2D eigenvalue weighted by atomic mass is 32.2. The number of carbonyl (C=O) groups excluding carboxylic acids is 1. The lowest BCUT2D eigenvalue weighted by Crippen LogP contribution is -2.51. The molecule has 10 nitrogen and oxygen atoms in total. The Kier molecular flexibility index (Phi) is 12.3. The van der Waals surface area contributed by atoms with Crippen molar-refractivity contribution in [3.8, 4) is 0 Å². The van der Waals surface area contributed by atoms with Gasteiger partial charge in [0.2, 0.25) is 15.9 Å². The molecule has 2 bridgehead atoms. The zero-order chi connectivity index (χ0) is 34.6. The second-order valence-electron chi connectivity index (χ2n) is 13.5. The highest BCUT2D eigenvalue weighted by Gasteiger charge is 2.54. The van der Waals surface area contributed by atoms with Crippen molar-refractivity contribution in [3.05, 3.63) is 59.7 Å². The Labute approximate surface area is 282 Å². The highest BCUT2D eigenvalue weighted by Crippen LogP contribution is 2.52. The van der Waals surface area contributed by atoms with Gasteiger partial charge in [0.05, 0.1) is 30.3 Å². The number of nitrogens with zero attached hydrogens (tertiary/aromatic N) is 1. The van der Waals surface area contributed by atoms with E-state index in [1.807, 2.05) is 27.7 Å². The Morgan fingerprint density at radius 1 is 1.02 bits per heavy atom. The van der Waals surface area contributed by atoms with Crippen LogP contribution in [-0.4, -0.2) is 88.8 Å². The quantitative estimate of drug-likeness (QED) is 0.243. The minimum absolute atomic E-state index is 0.0188. The van der Waals surface area contributed by atoms with Gasteiger partial charge in [-0.15, -0.1) is 0 Å². The van der Waals surface area contributed by atoms with Crippen LogP contribution in [0.5, 0.6) is 0 Å². The number of halogens is 2. The van der Waals surface area contributed by atoms with Gasteiger partial charge < -0.3 is 29.2 Å². The molecule has 2 heterocycles. The van der Waals surface area contributed by atoms with Crippen molar-refractivity contribution in [2.24, 2.45) is 29.6 Å². The Morgan fingerprint density at radius 2 is 1.67 bits per heavy atom. The number of aliphatic hydroxyl groups excluding tert-OH is 1. The number of sulfonamides is 1. The number of ether oxygens (including phenoxy) is 2. The van der Waals surface area contributed by atoms with Crippen molar-refractivity contribution in [2.45, 2.75) is 70.3 Å². The van der Waals surface area contributed by atoms with Crippen molar-refractivity contribution in [1.82, 2.24) is 9.62 Å². The second kappa shape index (κ2) is 16.0. The monoisotopic (exact) mass is 692 g/mol. The van der Waals surface area contributed by atoms with Crippen molar-refractivity contribution < 1.29 is 45.9 Å². The van der Waals surface area contributed by atoms with Gasteiger partial charge in [-0.3, -0.25) is 4.79 Å². The molecule has 0 aromatic heterocycles. The van der Waals surface area contributed by atoms with Gasteiger partial charge in [-0.05, 0) is 85.7 Å². The number of hydrogen-bond acceptors (Lipinski definition) is 8. The van der Waals surface area contributed by atoms with Gasteiger partial charge in [-0.25, -0.2) is 17.2 Å². The van der Waals surface area contributed by atoms with Gasteiger partial charge in [0.25, 0.3) is 0 Å². The molecule has 0 spiro atoms. The molecule has 48 heavy (non-hydrogen) atoms. The zero-order valence-electron chi connectivity index (χ0n) is 28.0. The first-order valence-corrected chi connectivity index (χ1v) is 18.3. The maximum atomic E-state index is 14.2. The maximum absolute atomic E-state index is 14.2. The van der Waals surface area contributed by atoms with E-state index >= 15 is 0 Å². The molecule has 7 atom stereocenters. The topological polar surface area (TPSA) is 124 Å². The van der Waals surface area contributed by atoms with Crippen LogP contribution in [0.4, 0.5) is 8.78 Å². The van der Waals surface area contributed by atoms with E-state index in [1.165, 1.54) is 16.4 Å². The van der Waals surface area contributed by atoms with Gasteiger partial charge in [0.1, 0.15) is 11.6 Å². The molecule has 3 fully saturated rings. The van der Waals surface area contributed by atoms with E-state index in [4.69, 9.17) is 18.8 Å². The van der Waals surface area contributed by atoms with E-state index < -0.39 is 40.9 Å². The molecule has 1 amide bonds. The molecule has 0 radical (unpaired) electrons. The molecule has 3 aliphatic rings. The van der Waals surface area contributed by atoms with Crippen LogP contribution in [0.25, 0.3) is 0 Å². The summed E-state index contributed by atoms with van der Waals surface area (Å²) in [5.74, 6) is -1.29. The summed E-state index contributed by atoms with van der Waals surface area (Å²) in [4.78, 5) is 13.6. The predicted octanol–water partition coefficient (Wildman–Crippen LogP) is 3.11. The summed E-state index contributed by atoms with van der Waals surface area (Å²) in [6.45, 7) is 9.01. The fourth-order valence-corrected chi connectivity index (χ4v) is 9.03. The van der Waals surface area contributed by atoms with Gasteiger partial charge in [-0.1, -0.05) is 26.0 Å². The van der Waals surface area contributed by atoms with Crippen molar-refractivity contribution in [1.29, 1.82) is 0 Å². The number of carbonyl (C=O) groups is 1.